The first kappa shape index (κ1) is 13.0. The number of hydrogen-bond donors (Lipinski definition) is 1. The third kappa shape index (κ3) is 2.37. The minimum absolute atomic E-state index is 0.0157. The lowest BCUT2D eigenvalue weighted by Gasteiger charge is -2.15. The fraction of sp³-hybridized carbons (Fsp3) is 0.143. The van der Waals surface area contributed by atoms with Crippen molar-refractivity contribution in [3.63, 3.8) is 0 Å². The Kier molecular flexibility index (Phi) is 3.64. The summed E-state index contributed by atoms with van der Waals surface area (Å²) in [5.74, 6) is -1.25. The molecule has 0 aromatic heterocycles. The first-order chi connectivity index (χ1) is 8.50. The molecule has 2 aromatic rings. The standard InChI is InChI=1S/C14H11ClF2O/c1-8-5-6-11(16)9(7-8)14(18)13-10(15)3-2-4-12(13)17/h2-7,14,18H,1H3. The van der Waals surface area contributed by atoms with Crippen molar-refractivity contribution in [2.45, 2.75) is 13.0 Å². The van der Waals surface area contributed by atoms with Crippen LogP contribution in [0.1, 0.15) is 22.8 Å². The second kappa shape index (κ2) is 5.04. The van der Waals surface area contributed by atoms with Crippen molar-refractivity contribution < 1.29 is 13.9 Å². The third-order valence-electron chi connectivity index (χ3n) is 2.72. The van der Waals surface area contributed by atoms with Crippen molar-refractivity contribution in [3.8, 4) is 0 Å². The van der Waals surface area contributed by atoms with Crippen LogP contribution in [-0.4, -0.2) is 5.11 Å². The van der Waals surface area contributed by atoms with E-state index in [2.05, 4.69) is 0 Å². The lowest BCUT2D eigenvalue weighted by Crippen LogP contribution is -2.06. The average Bonchev–Trinajstić information content (AvgIpc) is 2.32. The van der Waals surface area contributed by atoms with E-state index in [1.807, 2.05) is 0 Å². The number of aliphatic hydroxyl groups excluding tert-OH is 1. The molecule has 0 saturated carbocycles. The number of benzene rings is 2. The van der Waals surface area contributed by atoms with Crippen LogP contribution in [0.3, 0.4) is 0 Å². The van der Waals surface area contributed by atoms with Gasteiger partial charge in [-0.15, -0.1) is 0 Å². The van der Waals surface area contributed by atoms with Crippen LogP contribution < -0.4 is 0 Å². The summed E-state index contributed by atoms with van der Waals surface area (Å²) in [5.41, 5.74) is 0.684. The smallest absolute Gasteiger partial charge is 0.130 e. The van der Waals surface area contributed by atoms with Crippen molar-refractivity contribution in [1.29, 1.82) is 0 Å². The van der Waals surface area contributed by atoms with Gasteiger partial charge < -0.3 is 5.11 Å². The summed E-state index contributed by atoms with van der Waals surface area (Å²) >= 11 is 5.84. The molecule has 0 aliphatic heterocycles. The Morgan fingerprint density at radius 3 is 2.50 bits per heavy atom. The summed E-state index contributed by atoms with van der Waals surface area (Å²) in [7, 11) is 0. The molecule has 1 nitrogen and oxygen atoms in total. The number of hydrogen-bond acceptors (Lipinski definition) is 1. The van der Waals surface area contributed by atoms with Crippen LogP contribution in [0.5, 0.6) is 0 Å². The Balaban J connectivity index is 2.54. The Bertz CT molecular complexity index is 564. The monoisotopic (exact) mass is 268 g/mol. The molecular weight excluding hydrogens is 258 g/mol. The summed E-state index contributed by atoms with van der Waals surface area (Å²) in [4.78, 5) is 0. The SMILES string of the molecule is Cc1ccc(F)c(C(O)c2c(F)cccc2Cl)c1. The molecular formula is C14H11ClF2O. The normalized spacial score (nSPS) is 12.5. The van der Waals surface area contributed by atoms with Crippen molar-refractivity contribution in [3.05, 3.63) is 69.7 Å². The molecule has 18 heavy (non-hydrogen) atoms. The van der Waals surface area contributed by atoms with E-state index in [0.29, 0.717) is 0 Å². The van der Waals surface area contributed by atoms with Gasteiger partial charge in [0.05, 0.1) is 0 Å². The number of halogens is 3. The first-order valence-electron chi connectivity index (χ1n) is 5.38. The molecule has 0 aliphatic rings. The summed E-state index contributed by atoms with van der Waals surface area (Å²) in [6, 6.07) is 8.36. The van der Waals surface area contributed by atoms with Gasteiger partial charge in [-0.25, -0.2) is 8.78 Å². The summed E-state index contributed by atoms with van der Waals surface area (Å²) in [6.45, 7) is 1.76. The van der Waals surface area contributed by atoms with E-state index >= 15 is 0 Å². The molecule has 0 fully saturated rings. The van der Waals surface area contributed by atoms with Crippen LogP contribution in [0.4, 0.5) is 8.78 Å². The molecule has 0 amide bonds. The van der Waals surface area contributed by atoms with Gasteiger partial charge in [0.1, 0.15) is 17.7 Å². The molecule has 94 valence electrons. The maximum absolute atomic E-state index is 13.7. The number of rotatable bonds is 2. The number of aliphatic hydroxyl groups is 1. The van der Waals surface area contributed by atoms with E-state index in [-0.39, 0.29) is 16.1 Å². The number of aryl methyl sites for hydroxylation is 1. The highest BCUT2D eigenvalue weighted by atomic mass is 35.5. The molecule has 1 atom stereocenters. The van der Waals surface area contributed by atoms with Crippen molar-refractivity contribution in [1.82, 2.24) is 0 Å². The molecule has 2 aromatic carbocycles. The fourth-order valence-electron chi connectivity index (χ4n) is 1.80. The maximum Gasteiger partial charge on any atom is 0.130 e. The minimum atomic E-state index is -1.42. The fourth-order valence-corrected chi connectivity index (χ4v) is 2.07. The van der Waals surface area contributed by atoms with Gasteiger partial charge in [0.25, 0.3) is 0 Å². The topological polar surface area (TPSA) is 20.2 Å². The summed E-state index contributed by atoms with van der Waals surface area (Å²) in [5, 5.41) is 10.2. The quantitative estimate of drug-likeness (QED) is 0.873. The molecule has 0 heterocycles. The van der Waals surface area contributed by atoms with Crippen LogP contribution in [0.15, 0.2) is 36.4 Å². The Labute approximate surface area is 109 Å². The zero-order valence-electron chi connectivity index (χ0n) is 9.62. The predicted molar refractivity (Wildman–Crippen MR) is 66.6 cm³/mol. The Morgan fingerprint density at radius 1 is 1.11 bits per heavy atom. The highest BCUT2D eigenvalue weighted by molar-refractivity contribution is 6.31. The van der Waals surface area contributed by atoms with Crippen LogP contribution in [0.25, 0.3) is 0 Å². The lowest BCUT2D eigenvalue weighted by molar-refractivity contribution is 0.210. The largest absolute Gasteiger partial charge is 0.383 e. The minimum Gasteiger partial charge on any atom is -0.383 e. The second-order valence-electron chi connectivity index (χ2n) is 4.06. The second-order valence-corrected chi connectivity index (χ2v) is 4.47. The van der Waals surface area contributed by atoms with Gasteiger partial charge in [-0.2, -0.15) is 0 Å². The maximum atomic E-state index is 13.7. The molecule has 2 rings (SSSR count). The van der Waals surface area contributed by atoms with E-state index in [4.69, 9.17) is 11.6 Å². The molecule has 0 saturated heterocycles. The van der Waals surface area contributed by atoms with Crippen molar-refractivity contribution in [2.75, 3.05) is 0 Å². The van der Waals surface area contributed by atoms with Crippen LogP contribution in [0, 0.1) is 18.6 Å². The summed E-state index contributed by atoms with van der Waals surface area (Å²) < 4.78 is 27.3. The van der Waals surface area contributed by atoms with Crippen molar-refractivity contribution in [2.24, 2.45) is 0 Å². The van der Waals surface area contributed by atoms with E-state index in [1.165, 1.54) is 30.3 Å². The van der Waals surface area contributed by atoms with Gasteiger partial charge in [0.2, 0.25) is 0 Å². The van der Waals surface area contributed by atoms with Gasteiger partial charge >= 0.3 is 0 Å². The zero-order valence-corrected chi connectivity index (χ0v) is 10.4. The molecule has 4 heteroatoms. The molecule has 0 spiro atoms. The van der Waals surface area contributed by atoms with E-state index in [1.54, 1.807) is 13.0 Å². The average molecular weight is 269 g/mol. The summed E-state index contributed by atoms with van der Waals surface area (Å²) in [6.07, 6.45) is -1.42. The first-order valence-corrected chi connectivity index (χ1v) is 5.76. The Morgan fingerprint density at radius 2 is 1.83 bits per heavy atom. The molecule has 0 aliphatic carbocycles. The predicted octanol–water partition coefficient (Wildman–Crippen LogP) is 4.01. The van der Waals surface area contributed by atoms with Crippen LogP contribution >= 0.6 is 11.6 Å². The van der Waals surface area contributed by atoms with Gasteiger partial charge in [0, 0.05) is 16.1 Å². The zero-order chi connectivity index (χ0) is 13.3. The Hall–Kier alpha value is -1.45. The van der Waals surface area contributed by atoms with E-state index < -0.39 is 17.7 Å². The molecule has 0 radical (unpaired) electrons. The van der Waals surface area contributed by atoms with Gasteiger partial charge in [-0.1, -0.05) is 35.4 Å². The highest BCUT2D eigenvalue weighted by Crippen LogP contribution is 2.32. The van der Waals surface area contributed by atoms with Gasteiger partial charge in [-0.05, 0) is 25.1 Å². The van der Waals surface area contributed by atoms with E-state index in [0.717, 1.165) is 5.56 Å². The molecule has 0 bridgehead atoms. The molecule has 1 N–H and O–H groups in total. The third-order valence-corrected chi connectivity index (χ3v) is 3.05. The van der Waals surface area contributed by atoms with Gasteiger partial charge in [-0.3, -0.25) is 0 Å². The lowest BCUT2D eigenvalue weighted by atomic mass is 9.99. The van der Waals surface area contributed by atoms with Crippen LogP contribution in [-0.2, 0) is 0 Å². The van der Waals surface area contributed by atoms with Gasteiger partial charge in [0.15, 0.2) is 0 Å². The molecule has 1 unspecified atom stereocenters. The van der Waals surface area contributed by atoms with E-state index in [9.17, 15) is 13.9 Å². The highest BCUT2D eigenvalue weighted by Gasteiger charge is 2.21. The van der Waals surface area contributed by atoms with Crippen molar-refractivity contribution >= 4 is 11.6 Å². The van der Waals surface area contributed by atoms with Crippen LogP contribution in [0.2, 0.25) is 5.02 Å².